The highest BCUT2D eigenvalue weighted by molar-refractivity contribution is 9.09. The standard InChI is InChI=1S/C16H16BrNO3/c1-3-7-18-12-5-4-11(9-13(12)21-16(18)19)14(17)15-10(2)6-8-20-15/h4-6,8-9,14H,3,7H2,1-2H3. The number of aryl methyl sites for hydroxylation is 2. The zero-order valence-electron chi connectivity index (χ0n) is 11.9. The number of halogens is 1. The number of benzene rings is 1. The number of aromatic nitrogens is 1. The highest BCUT2D eigenvalue weighted by Gasteiger charge is 2.18. The van der Waals surface area contributed by atoms with Crippen molar-refractivity contribution in [1.82, 2.24) is 4.57 Å². The van der Waals surface area contributed by atoms with Gasteiger partial charge in [0.05, 0.1) is 16.6 Å². The molecule has 21 heavy (non-hydrogen) atoms. The predicted molar refractivity (Wildman–Crippen MR) is 85.0 cm³/mol. The van der Waals surface area contributed by atoms with Gasteiger partial charge in [-0.2, -0.15) is 0 Å². The molecule has 0 N–H and O–H groups in total. The first-order valence-corrected chi connectivity index (χ1v) is 7.84. The van der Waals surface area contributed by atoms with E-state index >= 15 is 0 Å². The fourth-order valence-corrected chi connectivity index (χ4v) is 3.23. The molecule has 1 unspecified atom stereocenters. The average molecular weight is 350 g/mol. The van der Waals surface area contributed by atoms with Gasteiger partial charge < -0.3 is 8.83 Å². The smallest absolute Gasteiger partial charge is 0.419 e. The van der Waals surface area contributed by atoms with Gasteiger partial charge in [0.15, 0.2) is 5.58 Å². The van der Waals surface area contributed by atoms with Gasteiger partial charge in [0, 0.05) is 6.54 Å². The molecule has 3 rings (SSSR count). The molecule has 0 fully saturated rings. The molecule has 0 bridgehead atoms. The van der Waals surface area contributed by atoms with Gasteiger partial charge in [0.1, 0.15) is 5.76 Å². The molecule has 5 heteroatoms. The fourth-order valence-electron chi connectivity index (χ4n) is 2.47. The van der Waals surface area contributed by atoms with E-state index in [0.717, 1.165) is 28.8 Å². The summed E-state index contributed by atoms with van der Waals surface area (Å²) in [6.45, 7) is 4.71. The van der Waals surface area contributed by atoms with E-state index in [0.29, 0.717) is 12.1 Å². The normalized spacial score (nSPS) is 12.9. The zero-order valence-corrected chi connectivity index (χ0v) is 13.5. The summed E-state index contributed by atoms with van der Waals surface area (Å²) in [5.41, 5.74) is 3.53. The van der Waals surface area contributed by atoms with Crippen molar-refractivity contribution in [3.63, 3.8) is 0 Å². The molecule has 0 amide bonds. The Bertz CT molecular complexity index is 828. The SMILES string of the molecule is CCCn1c(=O)oc2cc(C(Br)c3occc3C)ccc21. The molecular weight excluding hydrogens is 334 g/mol. The summed E-state index contributed by atoms with van der Waals surface area (Å²) >= 11 is 3.65. The first kappa shape index (κ1) is 14.2. The number of rotatable bonds is 4. The molecule has 1 aromatic carbocycles. The van der Waals surface area contributed by atoms with E-state index in [-0.39, 0.29) is 10.6 Å². The lowest BCUT2D eigenvalue weighted by molar-refractivity contribution is 0.502. The maximum Gasteiger partial charge on any atom is 0.419 e. The van der Waals surface area contributed by atoms with E-state index in [4.69, 9.17) is 8.83 Å². The second-order valence-electron chi connectivity index (χ2n) is 5.08. The van der Waals surface area contributed by atoms with Gasteiger partial charge in [-0.05, 0) is 42.7 Å². The van der Waals surface area contributed by atoms with Crippen molar-refractivity contribution in [3.05, 3.63) is 58.0 Å². The number of hydrogen-bond donors (Lipinski definition) is 0. The van der Waals surface area contributed by atoms with Crippen LogP contribution in [0.15, 0.2) is 44.2 Å². The van der Waals surface area contributed by atoms with Crippen molar-refractivity contribution in [2.45, 2.75) is 31.6 Å². The molecule has 0 spiro atoms. The summed E-state index contributed by atoms with van der Waals surface area (Å²) in [6.07, 6.45) is 2.57. The summed E-state index contributed by atoms with van der Waals surface area (Å²) in [6, 6.07) is 7.74. The Morgan fingerprint density at radius 1 is 1.33 bits per heavy atom. The van der Waals surface area contributed by atoms with Crippen LogP contribution in [0.3, 0.4) is 0 Å². The van der Waals surface area contributed by atoms with Crippen LogP contribution in [0.2, 0.25) is 0 Å². The van der Waals surface area contributed by atoms with E-state index in [1.807, 2.05) is 38.1 Å². The maximum atomic E-state index is 11.9. The van der Waals surface area contributed by atoms with Crippen LogP contribution in [0.25, 0.3) is 11.1 Å². The van der Waals surface area contributed by atoms with Crippen LogP contribution in [0, 0.1) is 6.92 Å². The van der Waals surface area contributed by atoms with E-state index in [1.54, 1.807) is 10.8 Å². The Hall–Kier alpha value is -1.75. The lowest BCUT2D eigenvalue weighted by atomic mass is 10.1. The molecule has 0 radical (unpaired) electrons. The summed E-state index contributed by atoms with van der Waals surface area (Å²) in [4.78, 5) is 11.8. The second-order valence-corrected chi connectivity index (χ2v) is 5.99. The minimum absolute atomic E-state index is 0.0586. The van der Waals surface area contributed by atoms with Gasteiger partial charge in [-0.3, -0.25) is 4.57 Å². The number of furan rings is 1. The predicted octanol–water partition coefficient (Wildman–Crippen LogP) is 4.39. The minimum atomic E-state index is -0.302. The van der Waals surface area contributed by atoms with Crippen molar-refractivity contribution < 1.29 is 8.83 Å². The minimum Gasteiger partial charge on any atom is -0.468 e. The topological polar surface area (TPSA) is 48.3 Å². The quantitative estimate of drug-likeness (QED) is 0.656. The maximum absolute atomic E-state index is 11.9. The molecular formula is C16H16BrNO3. The molecule has 0 aliphatic heterocycles. The van der Waals surface area contributed by atoms with Crippen LogP contribution in [-0.2, 0) is 6.54 Å². The Kier molecular flexibility index (Phi) is 3.76. The third kappa shape index (κ3) is 2.46. The lowest BCUT2D eigenvalue weighted by Gasteiger charge is -2.08. The highest BCUT2D eigenvalue weighted by Crippen LogP contribution is 2.34. The number of fused-ring (bicyclic) bond motifs is 1. The Balaban J connectivity index is 2.06. The van der Waals surface area contributed by atoms with Crippen LogP contribution in [0.5, 0.6) is 0 Å². The van der Waals surface area contributed by atoms with E-state index in [2.05, 4.69) is 15.9 Å². The summed E-state index contributed by atoms with van der Waals surface area (Å²) in [5.74, 6) is 0.564. The van der Waals surface area contributed by atoms with Gasteiger partial charge in [0.25, 0.3) is 0 Å². The Morgan fingerprint density at radius 2 is 2.14 bits per heavy atom. The number of hydrogen-bond acceptors (Lipinski definition) is 3. The Morgan fingerprint density at radius 3 is 2.81 bits per heavy atom. The van der Waals surface area contributed by atoms with Crippen molar-refractivity contribution in [2.75, 3.05) is 0 Å². The van der Waals surface area contributed by atoms with Crippen molar-refractivity contribution in [1.29, 1.82) is 0 Å². The van der Waals surface area contributed by atoms with E-state index < -0.39 is 0 Å². The van der Waals surface area contributed by atoms with Crippen LogP contribution in [0.4, 0.5) is 0 Å². The molecule has 0 aliphatic rings. The third-order valence-electron chi connectivity index (χ3n) is 3.56. The fraction of sp³-hybridized carbons (Fsp3) is 0.312. The Labute approximate surface area is 130 Å². The van der Waals surface area contributed by atoms with Gasteiger partial charge in [0.2, 0.25) is 0 Å². The van der Waals surface area contributed by atoms with E-state index in [1.165, 1.54) is 0 Å². The van der Waals surface area contributed by atoms with Gasteiger partial charge in [-0.25, -0.2) is 4.79 Å². The van der Waals surface area contributed by atoms with Crippen molar-refractivity contribution >= 4 is 27.0 Å². The van der Waals surface area contributed by atoms with Crippen LogP contribution in [-0.4, -0.2) is 4.57 Å². The zero-order chi connectivity index (χ0) is 15.0. The molecule has 3 aromatic rings. The van der Waals surface area contributed by atoms with Crippen LogP contribution >= 0.6 is 15.9 Å². The molecule has 4 nitrogen and oxygen atoms in total. The molecule has 2 aromatic heterocycles. The van der Waals surface area contributed by atoms with Gasteiger partial charge in [-0.15, -0.1) is 0 Å². The van der Waals surface area contributed by atoms with E-state index in [9.17, 15) is 4.79 Å². The summed E-state index contributed by atoms with van der Waals surface area (Å²) in [7, 11) is 0. The molecule has 0 saturated heterocycles. The number of nitrogens with zero attached hydrogens (tertiary/aromatic N) is 1. The molecule has 1 atom stereocenters. The summed E-state index contributed by atoms with van der Waals surface area (Å²) in [5, 5.41) is 0. The van der Waals surface area contributed by atoms with Crippen molar-refractivity contribution in [3.8, 4) is 0 Å². The van der Waals surface area contributed by atoms with Gasteiger partial charge >= 0.3 is 5.76 Å². The molecule has 0 aliphatic carbocycles. The van der Waals surface area contributed by atoms with Gasteiger partial charge in [-0.1, -0.05) is 28.9 Å². The second kappa shape index (κ2) is 5.56. The van der Waals surface area contributed by atoms with Crippen molar-refractivity contribution in [2.24, 2.45) is 0 Å². The number of alkyl halides is 1. The first-order chi connectivity index (χ1) is 10.1. The average Bonchev–Trinajstić information content (AvgIpc) is 3.02. The summed E-state index contributed by atoms with van der Waals surface area (Å²) < 4.78 is 12.5. The number of oxazole rings is 1. The molecule has 110 valence electrons. The third-order valence-corrected chi connectivity index (χ3v) is 4.51. The largest absolute Gasteiger partial charge is 0.468 e. The highest BCUT2D eigenvalue weighted by atomic mass is 79.9. The first-order valence-electron chi connectivity index (χ1n) is 6.93. The molecule has 0 saturated carbocycles. The molecule has 2 heterocycles. The van der Waals surface area contributed by atoms with Crippen LogP contribution in [0.1, 0.15) is 35.1 Å². The lowest BCUT2D eigenvalue weighted by Crippen LogP contribution is -2.13. The monoisotopic (exact) mass is 349 g/mol. The van der Waals surface area contributed by atoms with Crippen LogP contribution < -0.4 is 5.76 Å².